The summed E-state index contributed by atoms with van der Waals surface area (Å²) in [6.07, 6.45) is 5.14. The first-order valence-corrected chi connectivity index (χ1v) is 5.01. The average molecular weight is 211 g/mol. The number of hydrogen-bond donors (Lipinski definition) is 1. The summed E-state index contributed by atoms with van der Waals surface area (Å²) in [4.78, 5) is 15.2. The quantitative estimate of drug-likeness (QED) is 0.713. The van der Waals surface area contributed by atoms with Gasteiger partial charge in [-0.15, -0.1) is 0 Å². The SMILES string of the molecule is CCCn1cnc(C[C@H](N)C(=O)OC)c1. The van der Waals surface area contributed by atoms with Crippen molar-refractivity contribution in [1.29, 1.82) is 0 Å². The zero-order valence-corrected chi connectivity index (χ0v) is 9.14. The lowest BCUT2D eigenvalue weighted by Crippen LogP contribution is -2.33. The first-order chi connectivity index (χ1) is 7.17. The number of aryl methyl sites for hydroxylation is 1. The average Bonchev–Trinajstić information content (AvgIpc) is 2.65. The summed E-state index contributed by atoms with van der Waals surface area (Å²) in [7, 11) is 1.33. The highest BCUT2D eigenvalue weighted by Gasteiger charge is 2.15. The lowest BCUT2D eigenvalue weighted by molar-refractivity contribution is -0.142. The molecule has 0 fully saturated rings. The Bertz CT molecular complexity index is 322. The van der Waals surface area contributed by atoms with E-state index in [2.05, 4.69) is 16.6 Å². The first-order valence-electron chi connectivity index (χ1n) is 5.01. The number of nitrogens with zero attached hydrogens (tertiary/aromatic N) is 2. The normalized spacial score (nSPS) is 12.5. The fourth-order valence-electron chi connectivity index (χ4n) is 1.35. The Hall–Kier alpha value is -1.36. The van der Waals surface area contributed by atoms with E-state index in [1.807, 2.05) is 10.8 Å². The van der Waals surface area contributed by atoms with Crippen LogP contribution in [-0.4, -0.2) is 28.7 Å². The minimum Gasteiger partial charge on any atom is -0.468 e. The van der Waals surface area contributed by atoms with Crippen molar-refractivity contribution >= 4 is 5.97 Å². The Morgan fingerprint density at radius 1 is 1.73 bits per heavy atom. The van der Waals surface area contributed by atoms with Gasteiger partial charge in [-0.05, 0) is 6.42 Å². The Morgan fingerprint density at radius 2 is 2.47 bits per heavy atom. The van der Waals surface area contributed by atoms with E-state index in [1.54, 1.807) is 6.33 Å². The van der Waals surface area contributed by atoms with Crippen LogP contribution in [0.15, 0.2) is 12.5 Å². The zero-order chi connectivity index (χ0) is 11.3. The van der Waals surface area contributed by atoms with Crippen LogP contribution in [0.2, 0.25) is 0 Å². The smallest absolute Gasteiger partial charge is 0.323 e. The van der Waals surface area contributed by atoms with Crippen LogP contribution in [0.1, 0.15) is 19.0 Å². The standard InChI is InChI=1S/C10H17N3O2/c1-3-4-13-6-8(12-7-13)5-9(11)10(14)15-2/h6-7,9H,3-5,11H2,1-2H3/t9-/m0/s1. The van der Waals surface area contributed by atoms with Crippen molar-refractivity contribution in [3.05, 3.63) is 18.2 Å². The predicted molar refractivity (Wildman–Crippen MR) is 56.2 cm³/mol. The highest BCUT2D eigenvalue weighted by molar-refractivity contribution is 5.75. The molecule has 2 N–H and O–H groups in total. The molecule has 1 heterocycles. The van der Waals surface area contributed by atoms with Gasteiger partial charge in [-0.25, -0.2) is 4.98 Å². The molecule has 0 bridgehead atoms. The van der Waals surface area contributed by atoms with Gasteiger partial charge in [0.15, 0.2) is 0 Å². The Balaban J connectivity index is 2.53. The van der Waals surface area contributed by atoms with E-state index < -0.39 is 12.0 Å². The summed E-state index contributed by atoms with van der Waals surface area (Å²) in [5, 5.41) is 0. The van der Waals surface area contributed by atoms with Gasteiger partial charge in [0.2, 0.25) is 0 Å². The van der Waals surface area contributed by atoms with E-state index in [4.69, 9.17) is 5.73 Å². The van der Waals surface area contributed by atoms with Crippen LogP contribution in [0.4, 0.5) is 0 Å². The number of esters is 1. The molecule has 0 saturated carbocycles. The van der Waals surface area contributed by atoms with E-state index in [-0.39, 0.29) is 0 Å². The number of rotatable bonds is 5. The van der Waals surface area contributed by atoms with Crippen molar-refractivity contribution < 1.29 is 9.53 Å². The minimum atomic E-state index is -0.625. The molecular weight excluding hydrogens is 194 g/mol. The number of carbonyl (C=O) groups excluding carboxylic acids is 1. The van der Waals surface area contributed by atoms with Gasteiger partial charge in [0.05, 0.1) is 19.1 Å². The third-order valence-corrected chi connectivity index (χ3v) is 2.10. The molecule has 1 aromatic heterocycles. The molecule has 1 rings (SSSR count). The molecule has 0 aliphatic heterocycles. The summed E-state index contributed by atoms with van der Waals surface area (Å²) < 4.78 is 6.53. The van der Waals surface area contributed by atoms with Crippen molar-refractivity contribution in [3.63, 3.8) is 0 Å². The fraction of sp³-hybridized carbons (Fsp3) is 0.600. The van der Waals surface area contributed by atoms with Gasteiger partial charge in [-0.1, -0.05) is 6.92 Å². The van der Waals surface area contributed by atoms with Crippen LogP contribution in [0.5, 0.6) is 0 Å². The van der Waals surface area contributed by atoms with Crippen LogP contribution in [0, 0.1) is 0 Å². The summed E-state index contributed by atoms with van der Waals surface area (Å²) in [5.74, 6) is -0.403. The van der Waals surface area contributed by atoms with Crippen LogP contribution in [0.3, 0.4) is 0 Å². The molecule has 0 aliphatic carbocycles. The van der Waals surface area contributed by atoms with Crippen molar-refractivity contribution in [3.8, 4) is 0 Å². The van der Waals surface area contributed by atoms with Gasteiger partial charge in [0.1, 0.15) is 6.04 Å². The number of nitrogens with two attached hydrogens (primary N) is 1. The molecule has 5 heteroatoms. The number of hydrogen-bond acceptors (Lipinski definition) is 4. The summed E-state index contributed by atoms with van der Waals surface area (Å²) in [5.41, 5.74) is 6.44. The largest absolute Gasteiger partial charge is 0.468 e. The molecule has 0 aliphatic rings. The van der Waals surface area contributed by atoms with Crippen molar-refractivity contribution in [2.75, 3.05) is 7.11 Å². The van der Waals surface area contributed by atoms with Gasteiger partial charge >= 0.3 is 5.97 Å². The Morgan fingerprint density at radius 3 is 3.07 bits per heavy atom. The molecule has 0 unspecified atom stereocenters. The van der Waals surface area contributed by atoms with E-state index in [9.17, 15) is 4.79 Å². The molecule has 0 radical (unpaired) electrons. The number of aromatic nitrogens is 2. The molecule has 0 saturated heterocycles. The Kier molecular flexibility index (Phi) is 4.30. The topological polar surface area (TPSA) is 70.1 Å². The summed E-state index contributed by atoms with van der Waals surface area (Å²) in [6, 6.07) is -0.625. The second-order valence-electron chi connectivity index (χ2n) is 3.44. The second kappa shape index (κ2) is 5.50. The summed E-state index contributed by atoms with van der Waals surface area (Å²) >= 11 is 0. The number of carbonyl (C=O) groups is 1. The zero-order valence-electron chi connectivity index (χ0n) is 9.14. The number of methoxy groups -OCH3 is 1. The molecule has 0 amide bonds. The van der Waals surface area contributed by atoms with Crippen LogP contribution < -0.4 is 5.73 Å². The van der Waals surface area contributed by atoms with Crippen LogP contribution in [-0.2, 0) is 22.5 Å². The van der Waals surface area contributed by atoms with E-state index in [0.29, 0.717) is 6.42 Å². The van der Waals surface area contributed by atoms with E-state index in [0.717, 1.165) is 18.7 Å². The van der Waals surface area contributed by atoms with Gasteiger partial charge < -0.3 is 15.0 Å². The fourth-order valence-corrected chi connectivity index (χ4v) is 1.35. The number of ether oxygens (including phenoxy) is 1. The van der Waals surface area contributed by atoms with Crippen LogP contribution >= 0.6 is 0 Å². The highest BCUT2D eigenvalue weighted by atomic mass is 16.5. The maximum absolute atomic E-state index is 11.1. The van der Waals surface area contributed by atoms with Crippen molar-refractivity contribution in [1.82, 2.24) is 9.55 Å². The maximum Gasteiger partial charge on any atom is 0.323 e. The van der Waals surface area contributed by atoms with E-state index in [1.165, 1.54) is 7.11 Å². The van der Waals surface area contributed by atoms with Crippen molar-refractivity contribution in [2.45, 2.75) is 32.4 Å². The third kappa shape index (κ3) is 3.36. The lowest BCUT2D eigenvalue weighted by Gasteiger charge is -2.06. The van der Waals surface area contributed by atoms with E-state index >= 15 is 0 Å². The maximum atomic E-state index is 11.1. The molecule has 5 nitrogen and oxygen atoms in total. The predicted octanol–water partition coefficient (Wildman–Crippen LogP) is 0.336. The molecule has 1 atom stereocenters. The Labute approximate surface area is 89.2 Å². The molecular formula is C10H17N3O2. The monoisotopic (exact) mass is 211 g/mol. The third-order valence-electron chi connectivity index (χ3n) is 2.10. The number of imidazole rings is 1. The molecule has 0 spiro atoms. The molecule has 0 aromatic carbocycles. The van der Waals surface area contributed by atoms with Gasteiger partial charge in [-0.3, -0.25) is 4.79 Å². The molecule has 84 valence electrons. The lowest BCUT2D eigenvalue weighted by atomic mass is 10.2. The summed E-state index contributed by atoms with van der Waals surface area (Å²) in [6.45, 7) is 3.03. The van der Waals surface area contributed by atoms with Gasteiger partial charge in [0.25, 0.3) is 0 Å². The van der Waals surface area contributed by atoms with Gasteiger partial charge in [0, 0.05) is 19.2 Å². The van der Waals surface area contributed by atoms with Gasteiger partial charge in [-0.2, -0.15) is 0 Å². The minimum absolute atomic E-state index is 0.403. The first kappa shape index (κ1) is 11.7. The second-order valence-corrected chi connectivity index (χ2v) is 3.44. The highest BCUT2D eigenvalue weighted by Crippen LogP contribution is 2.01. The van der Waals surface area contributed by atoms with Crippen molar-refractivity contribution in [2.24, 2.45) is 5.73 Å². The van der Waals surface area contributed by atoms with Crippen LogP contribution in [0.25, 0.3) is 0 Å². The molecule has 15 heavy (non-hydrogen) atoms. The molecule has 1 aromatic rings.